The van der Waals surface area contributed by atoms with E-state index in [4.69, 9.17) is 11.6 Å². The van der Waals surface area contributed by atoms with Gasteiger partial charge in [-0.2, -0.15) is 0 Å². The number of sulfonamides is 1. The summed E-state index contributed by atoms with van der Waals surface area (Å²) in [6, 6.07) is 11.3. The van der Waals surface area contributed by atoms with Crippen LogP contribution in [0.5, 0.6) is 0 Å². The lowest BCUT2D eigenvalue weighted by Gasteiger charge is -2.33. The summed E-state index contributed by atoms with van der Waals surface area (Å²) < 4.78 is 40.1. The number of rotatable bonds is 11. The van der Waals surface area contributed by atoms with Gasteiger partial charge in [0.15, 0.2) is 0 Å². The number of amides is 2. The normalized spacial score (nSPS) is 12.3. The number of anilines is 1. The molecule has 0 saturated heterocycles. The Labute approximate surface area is 205 Å². The fourth-order valence-corrected chi connectivity index (χ4v) is 4.35. The summed E-state index contributed by atoms with van der Waals surface area (Å²) in [6.07, 6.45) is 1.21. The molecule has 1 atom stereocenters. The second-order valence-electron chi connectivity index (χ2n) is 8.43. The highest BCUT2D eigenvalue weighted by Crippen LogP contribution is 2.23. The van der Waals surface area contributed by atoms with Crippen LogP contribution in [0.1, 0.15) is 32.8 Å². The predicted molar refractivity (Wildman–Crippen MR) is 133 cm³/mol. The minimum atomic E-state index is -3.99. The molecule has 0 unspecified atom stereocenters. The second kappa shape index (κ2) is 12.2. The van der Waals surface area contributed by atoms with Gasteiger partial charge in [-0.25, -0.2) is 12.8 Å². The van der Waals surface area contributed by atoms with Gasteiger partial charge in [-0.05, 0) is 42.2 Å². The Kier molecular flexibility index (Phi) is 9.88. The average molecular weight is 512 g/mol. The first-order chi connectivity index (χ1) is 15.9. The second-order valence-corrected chi connectivity index (χ2v) is 10.8. The smallest absolute Gasteiger partial charge is 0.244 e. The Morgan fingerprint density at radius 3 is 2.24 bits per heavy atom. The molecule has 0 saturated carbocycles. The lowest BCUT2D eigenvalue weighted by Crippen LogP contribution is -2.52. The third-order valence-electron chi connectivity index (χ3n) is 5.14. The van der Waals surface area contributed by atoms with Crippen molar-refractivity contribution in [3.8, 4) is 0 Å². The minimum absolute atomic E-state index is 0.0540. The predicted octanol–water partition coefficient (Wildman–Crippen LogP) is 3.82. The zero-order valence-corrected chi connectivity index (χ0v) is 21.4. The molecule has 0 spiro atoms. The van der Waals surface area contributed by atoms with Crippen LogP contribution in [0.15, 0.2) is 48.5 Å². The van der Waals surface area contributed by atoms with Gasteiger partial charge in [-0.1, -0.05) is 56.6 Å². The van der Waals surface area contributed by atoms with Gasteiger partial charge >= 0.3 is 0 Å². The topological polar surface area (TPSA) is 86.8 Å². The van der Waals surface area contributed by atoms with Gasteiger partial charge in [0.05, 0.1) is 11.9 Å². The van der Waals surface area contributed by atoms with Crippen LogP contribution in [0.4, 0.5) is 10.1 Å². The molecule has 2 aromatic rings. The van der Waals surface area contributed by atoms with E-state index in [0.717, 1.165) is 16.6 Å². The first-order valence-corrected chi connectivity index (χ1v) is 13.2. The number of hydrogen-bond donors (Lipinski definition) is 1. The first-order valence-electron chi connectivity index (χ1n) is 11.0. The van der Waals surface area contributed by atoms with Crippen molar-refractivity contribution in [3.05, 3.63) is 64.9 Å². The number of para-hydroxylation sites is 1. The molecule has 34 heavy (non-hydrogen) atoms. The molecule has 0 radical (unpaired) electrons. The van der Waals surface area contributed by atoms with E-state index >= 15 is 0 Å². The van der Waals surface area contributed by atoms with Crippen molar-refractivity contribution in [2.24, 2.45) is 5.92 Å². The zero-order valence-electron chi connectivity index (χ0n) is 19.8. The summed E-state index contributed by atoms with van der Waals surface area (Å²) in [6.45, 7) is 5.52. The van der Waals surface area contributed by atoms with Crippen molar-refractivity contribution < 1.29 is 22.4 Å². The molecular weight excluding hydrogens is 481 g/mol. The number of halogens is 2. The average Bonchev–Trinajstić information content (AvgIpc) is 2.77. The van der Waals surface area contributed by atoms with Gasteiger partial charge < -0.3 is 10.2 Å². The molecule has 0 bridgehead atoms. The van der Waals surface area contributed by atoms with E-state index < -0.39 is 34.3 Å². The Morgan fingerprint density at radius 2 is 1.71 bits per heavy atom. The molecule has 0 aliphatic carbocycles. The van der Waals surface area contributed by atoms with E-state index in [0.29, 0.717) is 23.6 Å². The molecule has 0 fully saturated rings. The van der Waals surface area contributed by atoms with Gasteiger partial charge in [0.1, 0.15) is 18.4 Å². The zero-order chi connectivity index (χ0) is 25.5. The van der Waals surface area contributed by atoms with Crippen LogP contribution in [-0.2, 0) is 26.2 Å². The Balaban J connectivity index is 2.42. The summed E-state index contributed by atoms with van der Waals surface area (Å²) in [7, 11) is -3.99. The fourth-order valence-electron chi connectivity index (χ4n) is 3.38. The van der Waals surface area contributed by atoms with Crippen molar-refractivity contribution in [3.63, 3.8) is 0 Å². The monoisotopic (exact) mass is 511 g/mol. The molecule has 0 aromatic heterocycles. The van der Waals surface area contributed by atoms with E-state index in [1.54, 1.807) is 31.2 Å². The molecule has 1 N–H and O–H groups in total. The Morgan fingerprint density at radius 1 is 1.09 bits per heavy atom. The number of benzene rings is 2. The van der Waals surface area contributed by atoms with Crippen molar-refractivity contribution >= 4 is 39.1 Å². The van der Waals surface area contributed by atoms with Crippen molar-refractivity contribution in [1.82, 2.24) is 10.2 Å². The molecule has 10 heteroatoms. The molecule has 7 nitrogen and oxygen atoms in total. The van der Waals surface area contributed by atoms with Crippen molar-refractivity contribution in [1.29, 1.82) is 0 Å². The minimum Gasteiger partial charge on any atom is -0.354 e. The Hall–Kier alpha value is -2.65. The van der Waals surface area contributed by atoms with E-state index in [2.05, 4.69) is 5.32 Å². The van der Waals surface area contributed by atoms with Crippen LogP contribution >= 0.6 is 11.6 Å². The number of carbonyl (C=O) groups is 2. The lowest BCUT2D eigenvalue weighted by atomic mass is 10.1. The largest absolute Gasteiger partial charge is 0.354 e. The van der Waals surface area contributed by atoms with Gasteiger partial charge in [0.25, 0.3) is 0 Å². The van der Waals surface area contributed by atoms with Crippen molar-refractivity contribution in [2.75, 3.05) is 23.7 Å². The highest BCUT2D eigenvalue weighted by Gasteiger charge is 2.32. The third-order valence-corrected chi connectivity index (χ3v) is 6.52. The quantitative estimate of drug-likeness (QED) is 0.497. The maximum Gasteiger partial charge on any atom is 0.244 e. The highest BCUT2D eigenvalue weighted by molar-refractivity contribution is 7.92. The molecule has 2 aromatic carbocycles. The standard InChI is InChI=1S/C24H31ClFN3O4S/c1-5-21(24(31)27-14-17(2)3)28(15-18-10-12-19(25)13-11-18)23(30)16-29(34(4,32)33)22-9-7-6-8-20(22)26/h6-13,17,21H,5,14-16H2,1-4H3,(H,27,31)/t21-/m1/s1. The van der Waals surface area contributed by atoms with E-state index in [9.17, 15) is 22.4 Å². The number of nitrogens with one attached hydrogen (secondary N) is 1. The molecule has 0 heterocycles. The van der Waals surface area contributed by atoms with Crippen molar-refractivity contribution in [2.45, 2.75) is 39.8 Å². The molecule has 2 amide bonds. The maximum atomic E-state index is 14.4. The molecule has 0 aliphatic rings. The molecule has 2 rings (SSSR count). The van der Waals surface area contributed by atoms with Crippen LogP contribution < -0.4 is 9.62 Å². The molecular formula is C24H31ClFN3O4S. The lowest BCUT2D eigenvalue weighted by molar-refractivity contribution is -0.140. The van der Waals surface area contributed by atoms with Crippen LogP contribution in [0, 0.1) is 11.7 Å². The summed E-state index contributed by atoms with van der Waals surface area (Å²) in [5, 5.41) is 3.36. The van der Waals surface area contributed by atoms with E-state index in [1.807, 2.05) is 13.8 Å². The van der Waals surface area contributed by atoms with Crippen LogP contribution in [0.2, 0.25) is 5.02 Å². The van der Waals surface area contributed by atoms with Gasteiger partial charge in [0.2, 0.25) is 21.8 Å². The van der Waals surface area contributed by atoms with E-state index in [1.165, 1.54) is 23.1 Å². The fraction of sp³-hybridized carbons (Fsp3) is 0.417. The number of carbonyl (C=O) groups excluding carboxylic acids is 2. The summed E-state index contributed by atoms with van der Waals surface area (Å²) in [4.78, 5) is 27.8. The number of nitrogens with zero attached hydrogens (tertiary/aromatic N) is 2. The summed E-state index contributed by atoms with van der Waals surface area (Å²) in [5.74, 6) is -1.53. The maximum absolute atomic E-state index is 14.4. The summed E-state index contributed by atoms with van der Waals surface area (Å²) >= 11 is 5.97. The van der Waals surface area contributed by atoms with Crippen LogP contribution in [-0.4, -0.2) is 50.5 Å². The van der Waals surface area contributed by atoms with Gasteiger partial charge in [-0.3, -0.25) is 13.9 Å². The molecule has 186 valence electrons. The molecule has 0 aliphatic heterocycles. The summed E-state index contributed by atoms with van der Waals surface area (Å²) in [5.41, 5.74) is 0.478. The van der Waals surface area contributed by atoms with E-state index in [-0.39, 0.29) is 24.1 Å². The SMILES string of the molecule is CC[C@H](C(=O)NCC(C)C)N(Cc1ccc(Cl)cc1)C(=O)CN(c1ccccc1F)S(C)(=O)=O. The third kappa shape index (κ3) is 7.70. The Bertz CT molecular complexity index is 1090. The first kappa shape index (κ1) is 27.6. The van der Waals surface area contributed by atoms with Gasteiger partial charge in [-0.15, -0.1) is 0 Å². The van der Waals surface area contributed by atoms with Gasteiger partial charge in [0, 0.05) is 18.1 Å². The van der Waals surface area contributed by atoms with Crippen LogP contribution in [0.3, 0.4) is 0 Å². The van der Waals surface area contributed by atoms with Crippen LogP contribution in [0.25, 0.3) is 0 Å². The highest BCUT2D eigenvalue weighted by atomic mass is 35.5. The number of hydrogen-bond acceptors (Lipinski definition) is 4.